The molecular formula is C16H20F3NO3. The first kappa shape index (κ1) is 19.0. The van der Waals surface area contributed by atoms with E-state index in [1.54, 1.807) is 0 Å². The lowest BCUT2D eigenvalue weighted by Crippen LogP contribution is -2.17. The molecule has 1 aromatic carbocycles. The number of aromatic carboxylic acids is 1. The van der Waals surface area contributed by atoms with Crippen LogP contribution < -0.4 is 5.73 Å². The third-order valence-corrected chi connectivity index (χ3v) is 3.60. The van der Waals surface area contributed by atoms with Gasteiger partial charge in [0, 0.05) is 6.42 Å². The summed E-state index contributed by atoms with van der Waals surface area (Å²) in [5, 5.41) is 8.94. The van der Waals surface area contributed by atoms with Crippen molar-refractivity contribution in [2.45, 2.75) is 51.9 Å². The summed E-state index contributed by atoms with van der Waals surface area (Å²) in [4.78, 5) is 23.1. The van der Waals surface area contributed by atoms with Gasteiger partial charge < -0.3 is 10.8 Å². The standard InChI is InChI=1S/C16H20F3NO3/c1-2-3-4-5-6-7-8-9(21)10-11(16(22)23)12(17)14(19)15(20)13(10)18/h2-8,20H2,1H3,(H,22,23). The molecule has 0 saturated carbocycles. The molecule has 0 aliphatic heterocycles. The molecule has 3 N–H and O–H groups in total. The summed E-state index contributed by atoms with van der Waals surface area (Å²) in [5.41, 5.74) is 1.60. The highest BCUT2D eigenvalue weighted by Gasteiger charge is 2.30. The zero-order valence-electron chi connectivity index (χ0n) is 12.9. The first-order valence-electron chi connectivity index (χ1n) is 7.55. The number of nitrogen functional groups attached to an aromatic ring is 1. The van der Waals surface area contributed by atoms with E-state index in [4.69, 9.17) is 10.8 Å². The molecule has 0 radical (unpaired) electrons. The van der Waals surface area contributed by atoms with Crippen molar-refractivity contribution >= 4 is 17.4 Å². The number of carboxylic acids is 1. The molecule has 7 heteroatoms. The molecule has 0 aromatic heterocycles. The number of Topliss-reactive ketones (excluding diaryl/α,β-unsaturated/α-hetero) is 1. The van der Waals surface area contributed by atoms with Gasteiger partial charge in [0.1, 0.15) is 11.3 Å². The molecular weight excluding hydrogens is 311 g/mol. The summed E-state index contributed by atoms with van der Waals surface area (Å²) < 4.78 is 41.0. The van der Waals surface area contributed by atoms with Crippen LogP contribution in [0, 0.1) is 17.5 Å². The fourth-order valence-electron chi connectivity index (χ4n) is 2.33. The monoisotopic (exact) mass is 331 g/mol. The molecule has 0 amide bonds. The lowest BCUT2D eigenvalue weighted by atomic mass is 9.96. The van der Waals surface area contributed by atoms with Crippen molar-refractivity contribution in [3.63, 3.8) is 0 Å². The number of halogens is 3. The zero-order valence-corrected chi connectivity index (χ0v) is 12.9. The number of anilines is 1. The molecule has 0 spiro atoms. The van der Waals surface area contributed by atoms with Crippen molar-refractivity contribution in [3.05, 3.63) is 28.6 Å². The highest BCUT2D eigenvalue weighted by molar-refractivity contribution is 6.07. The van der Waals surface area contributed by atoms with Crippen LogP contribution in [-0.2, 0) is 0 Å². The van der Waals surface area contributed by atoms with Gasteiger partial charge in [-0.3, -0.25) is 4.79 Å². The number of carbonyl (C=O) groups excluding carboxylic acids is 1. The summed E-state index contributed by atoms with van der Waals surface area (Å²) in [5.74, 6) is -7.93. The van der Waals surface area contributed by atoms with Crippen molar-refractivity contribution in [3.8, 4) is 0 Å². The molecule has 0 bridgehead atoms. The maximum Gasteiger partial charge on any atom is 0.339 e. The Morgan fingerprint density at radius 1 is 0.913 bits per heavy atom. The Kier molecular flexibility index (Phi) is 7.06. The van der Waals surface area contributed by atoms with Crippen molar-refractivity contribution in [1.29, 1.82) is 0 Å². The summed E-state index contributed by atoms with van der Waals surface area (Å²) >= 11 is 0. The number of hydrogen-bond donors (Lipinski definition) is 2. The molecule has 0 unspecified atom stereocenters. The summed E-state index contributed by atoms with van der Waals surface area (Å²) in [7, 11) is 0. The van der Waals surface area contributed by atoms with E-state index in [0.29, 0.717) is 6.42 Å². The van der Waals surface area contributed by atoms with Gasteiger partial charge in [0.2, 0.25) is 0 Å². The van der Waals surface area contributed by atoms with Crippen LogP contribution in [0.25, 0.3) is 0 Å². The van der Waals surface area contributed by atoms with Gasteiger partial charge in [-0.2, -0.15) is 0 Å². The highest BCUT2D eigenvalue weighted by atomic mass is 19.2. The number of nitrogens with two attached hydrogens (primary N) is 1. The Morgan fingerprint density at radius 2 is 1.48 bits per heavy atom. The Morgan fingerprint density at radius 3 is 2.04 bits per heavy atom. The second-order valence-electron chi connectivity index (χ2n) is 5.35. The number of hydrogen-bond acceptors (Lipinski definition) is 3. The molecule has 0 aliphatic rings. The van der Waals surface area contributed by atoms with Gasteiger partial charge in [-0.05, 0) is 6.42 Å². The lowest BCUT2D eigenvalue weighted by Gasteiger charge is -2.11. The van der Waals surface area contributed by atoms with Crippen molar-refractivity contribution in [2.75, 3.05) is 5.73 Å². The van der Waals surface area contributed by atoms with Crippen LogP contribution in [0.4, 0.5) is 18.9 Å². The van der Waals surface area contributed by atoms with Gasteiger partial charge in [-0.25, -0.2) is 18.0 Å². The van der Waals surface area contributed by atoms with Gasteiger partial charge in [0.25, 0.3) is 0 Å². The fourth-order valence-corrected chi connectivity index (χ4v) is 2.33. The molecule has 1 rings (SSSR count). The third-order valence-electron chi connectivity index (χ3n) is 3.60. The number of carbonyl (C=O) groups is 2. The van der Waals surface area contributed by atoms with Gasteiger partial charge in [-0.15, -0.1) is 0 Å². The van der Waals surface area contributed by atoms with Crippen LogP contribution >= 0.6 is 0 Å². The SMILES string of the molecule is CCCCCCCCC(=O)c1c(F)c(N)c(F)c(F)c1C(=O)O. The smallest absolute Gasteiger partial charge is 0.339 e. The summed E-state index contributed by atoms with van der Waals surface area (Å²) in [6, 6.07) is 0. The van der Waals surface area contributed by atoms with E-state index in [1.165, 1.54) is 0 Å². The van der Waals surface area contributed by atoms with Crippen molar-refractivity contribution in [2.24, 2.45) is 0 Å². The molecule has 0 saturated heterocycles. The number of carboxylic acid groups (broad SMARTS) is 1. The van der Waals surface area contributed by atoms with Gasteiger partial charge in [0.15, 0.2) is 23.2 Å². The molecule has 23 heavy (non-hydrogen) atoms. The molecule has 128 valence electrons. The molecule has 1 aromatic rings. The lowest BCUT2D eigenvalue weighted by molar-refractivity contribution is 0.0684. The van der Waals surface area contributed by atoms with Crippen LogP contribution in [0.15, 0.2) is 0 Å². The maximum absolute atomic E-state index is 14.0. The first-order chi connectivity index (χ1) is 10.8. The average molecular weight is 331 g/mol. The molecule has 4 nitrogen and oxygen atoms in total. The highest BCUT2D eigenvalue weighted by Crippen LogP contribution is 2.28. The van der Waals surface area contributed by atoms with E-state index < -0.39 is 46.0 Å². The van der Waals surface area contributed by atoms with Gasteiger partial charge >= 0.3 is 5.97 Å². The molecule has 0 heterocycles. The largest absolute Gasteiger partial charge is 0.478 e. The molecule has 0 aliphatic carbocycles. The van der Waals surface area contributed by atoms with Crippen LogP contribution in [0.1, 0.15) is 72.6 Å². The fraction of sp³-hybridized carbons (Fsp3) is 0.500. The minimum absolute atomic E-state index is 0.145. The number of benzene rings is 1. The van der Waals surface area contributed by atoms with Crippen LogP contribution in [0.3, 0.4) is 0 Å². The first-order valence-corrected chi connectivity index (χ1v) is 7.55. The second kappa shape index (κ2) is 8.55. The molecule has 0 atom stereocenters. The van der Waals surface area contributed by atoms with E-state index in [2.05, 4.69) is 6.92 Å². The number of unbranched alkanes of at least 4 members (excludes halogenated alkanes) is 5. The van der Waals surface area contributed by atoms with Crippen molar-refractivity contribution < 1.29 is 27.9 Å². The van der Waals surface area contributed by atoms with Crippen LogP contribution in [0.5, 0.6) is 0 Å². The summed E-state index contributed by atoms with van der Waals surface area (Å²) in [6.07, 6.45) is 5.04. The van der Waals surface area contributed by atoms with E-state index in [0.717, 1.165) is 32.1 Å². The zero-order chi connectivity index (χ0) is 17.6. The Hall–Kier alpha value is -2.05. The minimum atomic E-state index is -1.91. The minimum Gasteiger partial charge on any atom is -0.478 e. The van der Waals surface area contributed by atoms with Gasteiger partial charge in [-0.1, -0.05) is 39.0 Å². The van der Waals surface area contributed by atoms with Gasteiger partial charge in [0.05, 0.1) is 5.56 Å². The Labute approximate surface area is 132 Å². The predicted octanol–water partition coefficient (Wildman–Crippen LogP) is 4.32. The third kappa shape index (κ3) is 4.46. The Bertz CT molecular complexity index is 603. The number of rotatable bonds is 9. The second-order valence-corrected chi connectivity index (χ2v) is 5.35. The topological polar surface area (TPSA) is 80.4 Å². The quantitative estimate of drug-likeness (QED) is 0.306. The van der Waals surface area contributed by atoms with E-state index in [-0.39, 0.29) is 6.42 Å². The van der Waals surface area contributed by atoms with Crippen LogP contribution in [-0.4, -0.2) is 16.9 Å². The van der Waals surface area contributed by atoms with E-state index in [1.807, 2.05) is 0 Å². The normalized spacial score (nSPS) is 10.8. The number of ketones is 1. The van der Waals surface area contributed by atoms with Crippen molar-refractivity contribution in [1.82, 2.24) is 0 Å². The summed E-state index contributed by atoms with van der Waals surface area (Å²) in [6.45, 7) is 2.06. The van der Waals surface area contributed by atoms with E-state index in [9.17, 15) is 22.8 Å². The molecule has 0 fully saturated rings. The van der Waals surface area contributed by atoms with Crippen LogP contribution in [0.2, 0.25) is 0 Å². The predicted molar refractivity (Wildman–Crippen MR) is 80.0 cm³/mol. The maximum atomic E-state index is 14.0. The average Bonchev–Trinajstić information content (AvgIpc) is 2.51. The Balaban J connectivity index is 2.94. The van der Waals surface area contributed by atoms with E-state index >= 15 is 0 Å².